The van der Waals surface area contributed by atoms with Crippen LogP contribution in [-0.2, 0) is 9.53 Å². The van der Waals surface area contributed by atoms with Crippen LogP contribution in [0.15, 0.2) is 72.8 Å². The first-order chi connectivity index (χ1) is 21.8. The van der Waals surface area contributed by atoms with E-state index in [1.807, 2.05) is 24.3 Å². The molecular formula is C34H29FN2O8. The molecule has 0 bridgehead atoms. The van der Waals surface area contributed by atoms with Gasteiger partial charge in [0.1, 0.15) is 5.82 Å². The van der Waals surface area contributed by atoms with Gasteiger partial charge in [0.25, 0.3) is 5.91 Å². The molecule has 3 aliphatic rings. The topological polar surface area (TPSA) is 125 Å². The maximum Gasteiger partial charge on any atom is 0.310 e. The smallest absolute Gasteiger partial charge is 0.310 e. The highest BCUT2D eigenvalue weighted by atomic mass is 19.1. The van der Waals surface area contributed by atoms with Gasteiger partial charge in [0, 0.05) is 28.8 Å². The number of esters is 1. The van der Waals surface area contributed by atoms with E-state index < -0.39 is 17.7 Å². The van der Waals surface area contributed by atoms with E-state index in [4.69, 9.17) is 23.7 Å². The molecule has 230 valence electrons. The molecule has 1 aliphatic carbocycles. The summed E-state index contributed by atoms with van der Waals surface area (Å²) in [5, 5.41) is 17.0. The van der Waals surface area contributed by atoms with Crippen LogP contribution in [0.1, 0.15) is 39.0 Å². The largest absolute Gasteiger partial charge is 0.502 e. The summed E-state index contributed by atoms with van der Waals surface area (Å²) in [4.78, 5) is 26.0. The van der Waals surface area contributed by atoms with Crippen molar-refractivity contribution in [3.8, 4) is 28.7 Å². The quantitative estimate of drug-likeness (QED) is 0.228. The summed E-state index contributed by atoms with van der Waals surface area (Å²) < 4.78 is 41.3. The zero-order valence-electron chi connectivity index (χ0n) is 24.3. The molecule has 0 spiro atoms. The van der Waals surface area contributed by atoms with Gasteiger partial charge in [-0.2, -0.15) is 0 Å². The van der Waals surface area contributed by atoms with E-state index in [9.17, 15) is 19.1 Å². The molecular weight excluding hydrogens is 583 g/mol. The molecule has 4 aromatic carbocycles. The lowest BCUT2D eigenvalue weighted by molar-refractivity contribution is -0.141. The Morgan fingerprint density at radius 1 is 0.867 bits per heavy atom. The minimum absolute atomic E-state index is 0.0852. The Labute approximate surface area is 257 Å². The number of amides is 1. The number of carbonyl (C=O) groups is 2. The Morgan fingerprint density at radius 2 is 1.49 bits per heavy atom. The molecule has 11 heteroatoms. The van der Waals surface area contributed by atoms with Crippen molar-refractivity contribution in [3.05, 3.63) is 101 Å². The number of carbonyl (C=O) groups excluding carboxylic acids is 2. The van der Waals surface area contributed by atoms with E-state index in [0.717, 1.165) is 22.4 Å². The zero-order chi connectivity index (χ0) is 31.2. The van der Waals surface area contributed by atoms with Crippen LogP contribution in [0.3, 0.4) is 0 Å². The normalized spacial score (nSPS) is 20.9. The Kier molecular flexibility index (Phi) is 7.07. The number of phenolic OH excluding ortho intramolecular Hbond substituents is 1. The van der Waals surface area contributed by atoms with Crippen LogP contribution in [0.5, 0.6) is 28.7 Å². The molecule has 1 fully saturated rings. The first-order valence-corrected chi connectivity index (χ1v) is 14.3. The molecule has 3 N–H and O–H groups in total. The first-order valence-electron chi connectivity index (χ1n) is 14.3. The monoisotopic (exact) mass is 612 g/mol. The molecule has 0 radical (unpaired) electrons. The molecule has 2 aliphatic heterocycles. The van der Waals surface area contributed by atoms with E-state index in [2.05, 4.69) is 10.6 Å². The average molecular weight is 613 g/mol. The number of phenols is 1. The van der Waals surface area contributed by atoms with Gasteiger partial charge in [-0.15, -0.1) is 0 Å². The number of nitrogens with one attached hydrogen (secondary N) is 2. The third kappa shape index (κ3) is 4.99. The van der Waals surface area contributed by atoms with Crippen LogP contribution >= 0.6 is 0 Å². The molecule has 0 aromatic heterocycles. The summed E-state index contributed by atoms with van der Waals surface area (Å²) >= 11 is 0. The third-order valence-corrected chi connectivity index (χ3v) is 8.62. The fourth-order valence-corrected chi connectivity index (χ4v) is 6.47. The SMILES string of the molecule is COc1cc([C@@H]2c3cc4c(cc3[C@@H](Nc3ccc(NC(=O)c5ccc(F)cc5)cc3)[C@H]3COC(=O)[C@H]23)OCO4)cc(OC)c1O. The number of hydrogen-bond acceptors (Lipinski definition) is 9. The first kappa shape index (κ1) is 28.3. The Balaban J connectivity index is 1.25. The lowest BCUT2D eigenvalue weighted by Crippen LogP contribution is -2.37. The Morgan fingerprint density at radius 3 is 2.13 bits per heavy atom. The Hall–Kier alpha value is -5.45. The minimum Gasteiger partial charge on any atom is -0.502 e. The highest BCUT2D eigenvalue weighted by Crippen LogP contribution is 2.56. The maximum absolute atomic E-state index is 13.4. The number of halogens is 1. The van der Waals surface area contributed by atoms with Crippen molar-refractivity contribution in [2.45, 2.75) is 12.0 Å². The number of ether oxygens (including phenoxy) is 5. The van der Waals surface area contributed by atoms with E-state index >= 15 is 0 Å². The van der Waals surface area contributed by atoms with Gasteiger partial charge in [-0.1, -0.05) is 0 Å². The van der Waals surface area contributed by atoms with Crippen LogP contribution in [0.2, 0.25) is 0 Å². The summed E-state index contributed by atoms with van der Waals surface area (Å²) in [5.74, 6) is -0.904. The highest BCUT2D eigenvalue weighted by molar-refractivity contribution is 6.04. The van der Waals surface area contributed by atoms with Gasteiger partial charge < -0.3 is 39.4 Å². The van der Waals surface area contributed by atoms with Gasteiger partial charge >= 0.3 is 5.97 Å². The van der Waals surface area contributed by atoms with Gasteiger partial charge in [0.15, 0.2) is 23.0 Å². The molecule has 7 rings (SSSR count). The van der Waals surface area contributed by atoms with Crippen molar-refractivity contribution in [1.29, 1.82) is 0 Å². The van der Waals surface area contributed by atoms with Crippen LogP contribution in [0.25, 0.3) is 0 Å². The molecule has 45 heavy (non-hydrogen) atoms. The summed E-state index contributed by atoms with van der Waals surface area (Å²) in [6.45, 7) is 0.283. The lowest BCUT2D eigenvalue weighted by atomic mass is 9.65. The van der Waals surface area contributed by atoms with Crippen LogP contribution in [0, 0.1) is 17.7 Å². The fraction of sp³-hybridized carbons (Fsp3) is 0.235. The summed E-state index contributed by atoms with van der Waals surface area (Å²) in [6.07, 6.45) is 0. The summed E-state index contributed by atoms with van der Waals surface area (Å²) in [7, 11) is 2.91. The molecule has 0 saturated carbocycles. The molecule has 2 heterocycles. The van der Waals surface area contributed by atoms with Crippen LogP contribution in [-0.4, -0.2) is 44.6 Å². The lowest BCUT2D eigenvalue weighted by Gasteiger charge is -2.40. The molecule has 10 nitrogen and oxygen atoms in total. The van der Waals surface area contributed by atoms with Crippen molar-refractivity contribution in [3.63, 3.8) is 0 Å². The second-order valence-electron chi connectivity index (χ2n) is 11.1. The molecule has 1 saturated heterocycles. The predicted molar refractivity (Wildman–Crippen MR) is 161 cm³/mol. The number of aromatic hydroxyl groups is 1. The maximum atomic E-state index is 13.4. The van der Waals surface area contributed by atoms with Crippen molar-refractivity contribution in [1.82, 2.24) is 0 Å². The second kappa shape index (κ2) is 11.2. The predicted octanol–water partition coefficient (Wildman–Crippen LogP) is 5.62. The number of benzene rings is 4. The van der Waals surface area contributed by atoms with Gasteiger partial charge in [-0.25, -0.2) is 4.39 Å². The number of methoxy groups -OCH3 is 2. The zero-order valence-corrected chi connectivity index (χ0v) is 24.3. The summed E-state index contributed by atoms with van der Waals surface area (Å²) in [5.41, 5.74) is 4.13. The highest BCUT2D eigenvalue weighted by Gasteiger charge is 2.52. The van der Waals surface area contributed by atoms with Gasteiger partial charge in [0.2, 0.25) is 12.5 Å². The van der Waals surface area contributed by atoms with E-state index in [1.165, 1.54) is 38.5 Å². The van der Waals surface area contributed by atoms with Crippen molar-refractivity contribution in [2.24, 2.45) is 11.8 Å². The molecule has 4 aromatic rings. The number of hydrogen-bond donors (Lipinski definition) is 3. The third-order valence-electron chi connectivity index (χ3n) is 8.62. The van der Waals surface area contributed by atoms with Gasteiger partial charge in [0.05, 0.1) is 32.8 Å². The van der Waals surface area contributed by atoms with Crippen molar-refractivity contribution >= 4 is 23.3 Å². The van der Waals surface area contributed by atoms with Crippen molar-refractivity contribution < 1.29 is 42.8 Å². The number of fused-ring (bicyclic) bond motifs is 3. The minimum atomic E-state index is -0.566. The Bertz CT molecular complexity index is 1770. The van der Waals surface area contributed by atoms with E-state index in [0.29, 0.717) is 22.7 Å². The molecule has 4 atom stereocenters. The number of anilines is 2. The second-order valence-corrected chi connectivity index (χ2v) is 11.1. The van der Waals surface area contributed by atoms with E-state index in [-0.39, 0.29) is 54.5 Å². The molecule has 1 amide bonds. The number of rotatable bonds is 7. The number of cyclic esters (lactones) is 1. The van der Waals surface area contributed by atoms with Crippen LogP contribution in [0.4, 0.5) is 15.8 Å². The van der Waals surface area contributed by atoms with Crippen LogP contribution < -0.4 is 29.6 Å². The van der Waals surface area contributed by atoms with E-state index in [1.54, 1.807) is 24.3 Å². The molecule has 0 unspecified atom stereocenters. The van der Waals surface area contributed by atoms with Gasteiger partial charge in [-0.3, -0.25) is 9.59 Å². The fourth-order valence-electron chi connectivity index (χ4n) is 6.47. The standard InChI is InChI=1S/C34H29FN2O8/c1-41-27-11-18(12-28(42-2)32(27)38)29-22-13-25-26(45-16-44-25)14-23(22)31(24-15-43-34(40)30(24)29)36-20-7-9-21(10-8-20)37-33(39)17-3-5-19(35)6-4-17/h3-14,24,29-31,36,38H,15-16H2,1-2H3,(H,37,39)/t24-,29+,30-,31+/m0/s1. The van der Waals surface area contributed by atoms with Crippen molar-refractivity contribution in [2.75, 3.05) is 38.3 Å². The average Bonchev–Trinajstić information content (AvgIpc) is 3.67. The summed E-state index contributed by atoms with van der Waals surface area (Å²) in [6, 6.07) is 19.4. The van der Waals surface area contributed by atoms with Gasteiger partial charge in [-0.05, 0) is 89.5 Å².